The Hall–Kier alpha value is -0.980. The van der Waals surface area contributed by atoms with Gasteiger partial charge in [0.2, 0.25) is 5.91 Å². The monoisotopic (exact) mass is 326 g/mol. The van der Waals surface area contributed by atoms with Crippen molar-refractivity contribution in [2.75, 3.05) is 39.8 Å². The number of rotatable bonds is 4. The second-order valence-electron chi connectivity index (χ2n) is 4.77. The Kier molecular flexibility index (Phi) is 5.30. The van der Waals surface area contributed by atoms with Crippen LogP contribution in [0.1, 0.15) is 5.69 Å². The van der Waals surface area contributed by atoms with E-state index in [4.69, 9.17) is 0 Å². The highest BCUT2D eigenvalue weighted by Gasteiger charge is 2.17. The molecule has 1 aromatic heterocycles. The number of pyridine rings is 1. The number of hydrogen-bond donors (Lipinski definition) is 1. The molecule has 1 aromatic rings. The van der Waals surface area contributed by atoms with E-state index in [1.807, 2.05) is 29.0 Å². The molecule has 6 heteroatoms. The third-order valence-corrected chi connectivity index (χ3v) is 3.56. The molecular weight excluding hydrogens is 308 g/mol. The zero-order valence-corrected chi connectivity index (χ0v) is 12.7. The van der Waals surface area contributed by atoms with Gasteiger partial charge in [-0.3, -0.25) is 14.7 Å². The summed E-state index contributed by atoms with van der Waals surface area (Å²) in [6, 6.07) is 3.93. The number of likely N-dealkylation sites (N-methyl/N-ethyl adjacent to an activating group) is 1. The molecule has 0 radical (unpaired) electrons. The summed E-state index contributed by atoms with van der Waals surface area (Å²) >= 11 is 3.36. The SMILES string of the molecule is CN(CC(=O)N1CCNCC1)Cc1ccc(Br)cn1. The number of nitrogens with zero attached hydrogens (tertiary/aromatic N) is 3. The van der Waals surface area contributed by atoms with Crippen molar-refractivity contribution in [3.8, 4) is 0 Å². The molecular formula is C13H19BrN4O. The van der Waals surface area contributed by atoms with Gasteiger partial charge in [-0.05, 0) is 35.1 Å². The fourth-order valence-electron chi connectivity index (χ4n) is 2.08. The highest BCUT2D eigenvalue weighted by molar-refractivity contribution is 9.10. The topological polar surface area (TPSA) is 48.5 Å². The Morgan fingerprint density at radius 1 is 1.47 bits per heavy atom. The average Bonchev–Trinajstić information content (AvgIpc) is 2.42. The number of hydrogen-bond acceptors (Lipinski definition) is 4. The van der Waals surface area contributed by atoms with E-state index >= 15 is 0 Å². The fraction of sp³-hybridized carbons (Fsp3) is 0.538. The molecule has 1 aliphatic heterocycles. The predicted octanol–water partition coefficient (Wildman–Crippen LogP) is 0.708. The van der Waals surface area contributed by atoms with E-state index in [9.17, 15) is 4.79 Å². The van der Waals surface area contributed by atoms with E-state index in [1.165, 1.54) is 0 Å². The van der Waals surface area contributed by atoms with Crippen molar-refractivity contribution in [1.82, 2.24) is 20.1 Å². The van der Waals surface area contributed by atoms with E-state index in [0.29, 0.717) is 13.1 Å². The highest BCUT2D eigenvalue weighted by atomic mass is 79.9. The van der Waals surface area contributed by atoms with Gasteiger partial charge in [-0.2, -0.15) is 0 Å². The van der Waals surface area contributed by atoms with E-state index in [-0.39, 0.29) is 5.91 Å². The third kappa shape index (κ3) is 4.56. The zero-order valence-electron chi connectivity index (χ0n) is 11.1. The average molecular weight is 327 g/mol. The van der Waals surface area contributed by atoms with Crippen molar-refractivity contribution in [2.45, 2.75) is 6.54 Å². The van der Waals surface area contributed by atoms with E-state index < -0.39 is 0 Å². The van der Waals surface area contributed by atoms with Crippen LogP contribution in [0.4, 0.5) is 0 Å². The first-order valence-corrected chi connectivity index (χ1v) is 7.22. The Bertz CT molecular complexity index is 417. The van der Waals surface area contributed by atoms with Gasteiger partial charge >= 0.3 is 0 Å². The van der Waals surface area contributed by atoms with E-state index in [0.717, 1.165) is 36.3 Å². The number of piperazine rings is 1. The molecule has 0 unspecified atom stereocenters. The van der Waals surface area contributed by atoms with Crippen LogP contribution in [0.5, 0.6) is 0 Å². The Morgan fingerprint density at radius 3 is 2.84 bits per heavy atom. The summed E-state index contributed by atoms with van der Waals surface area (Å²) in [7, 11) is 1.95. The lowest BCUT2D eigenvalue weighted by atomic mass is 10.3. The van der Waals surface area contributed by atoms with Crippen LogP contribution in [0.15, 0.2) is 22.8 Å². The Balaban J connectivity index is 1.81. The first-order valence-electron chi connectivity index (χ1n) is 6.42. The molecule has 0 atom stereocenters. The van der Waals surface area contributed by atoms with Crippen molar-refractivity contribution < 1.29 is 4.79 Å². The van der Waals surface area contributed by atoms with Gasteiger partial charge in [0, 0.05) is 43.4 Å². The van der Waals surface area contributed by atoms with Gasteiger partial charge in [0.25, 0.3) is 0 Å². The summed E-state index contributed by atoms with van der Waals surface area (Å²) in [5.41, 5.74) is 0.971. The van der Waals surface area contributed by atoms with Crippen LogP contribution in [-0.4, -0.2) is 60.5 Å². The van der Waals surface area contributed by atoms with Gasteiger partial charge in [-0.25, -0.2) is 0 Å². The first-order chi connectivity index (χ1) is 9.15. The largest absolute Gasteiger partial charge is 0.339 e. The van der Waals surface area contributed by atoms with Crippen LogP contribution < -0.4 is 5.32 Å². The normalized spacial score (nSPS) is 15.8. The molecule has 2 rings (SSSR count). The standard InChI is InChI=1S/C13H19BrN4O/c1-17(9-12-3-2-11(14)8-16-12)10-13(19)18-6-4-15-5-7-18/h2-3,8,15H,4-7,9-10H2,1H3. The van der Waals surface area contributed by atoms with Gasteiger partial charge in [-0.1, -0.05) is 0 Å². The molecule has 0 bridgehead atoms. The maximum Gasteiger partial charge on any atom is 0.236 e. The second-order valence-corrected chi connectivity index (χ2v) is 5.69. The molecule has 1 N–H and O–H groups in total. The van der Waals surface area contributed by atoms with Crippen LogP contribution in [0.2, 0.25) is 0 Å². The smallest absolute Gasteiger partial charge is 0.236 e. The highest BCUT2D eigenvalue weighted by Crippen LogP contribution is 2.08. The minimum Gasteiger partial charge on any atom is -0.339 e. The number of amides is 1. The molecule has 1 fully saturated rings. The quantitative estimate of drug-likeness (QED) is 0.885. The minimum atomic E-state index is 0.195. The molecule has 1 aliphatic rings. The number of halogens is 1. The zero-order chi connectivity index (χ0) is 13.7. The van der Waals surface area contributed by atoms with E-state index in [2.05, 4.69) is 26.2 Å². The lowest BCUT2D eigenvalue weighted by molar-refractivity contribution is -0.132. The lowest BCUT2D eigenvalue weighted by Gasteiger charge is -2.29. The first kappa shape index (κ1) is 14.4. The van der Waals surface area contributed by atoms with Crippen LogP contribution in [-0.2, 0) is 11.3 Å². The molecule has 1 saturated heterocycles. The molecule has 0 spiro atoms. The minimum absolute atomic E-state index is 0.195. The van der Waals surface area contributed by atoms with Gasteiger partial charge in [0.1, 0.15) is 0 Å². The Morgan fingerprint density at radius 2 is 2.21 bits per heavy atom. The van der Waals surface area contributed by atoms with Crippen LogP contribution in [0, 0.1) is 0 Å². The summed E-state index contributed by atoms with van der Waals surface area (Å²) in [6.07, 6.45) is 1.78. The van der Waals surface area contributed by atoms with Crippen molar-refractivity contribution in [3.63, 3.8) is 0 Å². The summed E-state index contributed by atoms with van der Waals surface area (Å²) in [5.74, 6) is 0.195. The number of carbonyl (C=O) groups is 1. The van der Waals surface area contributed by atoms with E-state index in [1.54, 1.807) is 6.20 Å². The maximum atomic E-state index is 12.1. The summed E-state index contributed by atoms with van der Waals surface area (Å²) in [5, 5.41) is 3.25. The van der Waals surface area contributed by atoms with Crippen molar-refractivity contribution >= 4 is 21.8 Å². The number of carbonyl (C=O) groups excluding carboxylic acids is 1. The summed E-state index contributed by atoms with van der Waals surface area (Å²) < 4.78 is 0.968. The fourth-order valence-corrected chi connectivity index (χ4v) is 2.31. The summed E-state index contributed by atoms with van der Waals surface area (Å²) in [4.78, 5) is 20.3. The maximum absolute atomic E-state index is 12.1. The second kappa shape index (κ2) is 6.98. The molecule has 104 valence electrons. The molecule has 2 heterocycles. The van der Waals surface area contributed by atoms with Crippen LogP contribution in [0.25, 0.3) is 0 Å². The van der Waals surface area contributed by atoms with Gasteiger partial charge in [0.05, 0.1) is 12.2 Å². The van der Waals surface area contributed by atoms with Gasteiger partial charge in [0.15, 0.2) is 0 Å². The molecule has 0 saturated carbocycles. The molecule has 1 amide bonds. The van der Waals surface area contributed by atoms with Gasteiger partial charge < -0.3 is 10.2 Å². The Labute approximate surface area is 122 Å². The summed E-state index contributed by atoms with van der Waals surface area (Å²) in [6.45, 7) is 4.53. The molecule has 19 heavy (non-hydrogen) atoms. The molecule has 5 nitrogen and oxygen atoms in total. The number of nitrogens with one attached hydrogen (secondary N) is 1. The number of aromatic nitrogens is 1. The van der Waals surface area contributed by atoms with Gasteiger partial charge in [-0.15, -0.1) is 0 Å². The van der Waals surface area contributed by atoms with Crippen molar-refractivity contribution in [2.24, 2.45) is 0 Å². The third-order valence-electron chi connectivity index (χ3n) is 3.10. The predicted molar refractivity (Wildman–Crippen MR) is 77.7 cm³/mol. The van der Waals surface area contributed by atoms with Crippen LogP contribution in [0.3, 0.4) is 0 Å². The molecule has 0 aromatic carbocycles. The van der Waals surface area contributed by atoms with Crippen LogP contribution >= 0.6 is 15.9 Å². The lowest BCUT2D eigenvalue weighted by Crippen LogP contribution is -2.49. The molecule has 0 aliphatic carbocycles. The van der Waals surface area contributed by atoms with Crippen molar-refractivity contribution in [1.29, 1.82) is 0 Å². The van der Waals surface area contributed by atoms with Crippen molar-refractivity contribution in [3.05, 3.63) is 28.5 Å².